The van der Waals surface area contributed by atoms with Gasteiger partial charge in [0.1, 0.15) is 5.75 Å². The molecule has 0 unspecified atom stereocenters. The number of H-pyrrole nitrogens is 2. The number of nitrogens with one attached hydrogen (secondary N) is 2. The quantitative estimate of drug-likeness (QED) is 0.461. The smallest absolute Gasteiger partial charge is 0.374 e. The lowest BCUT2D eigenvalue weighted by molar-refractivity contribution is -0.387. The van der Waals surface area contributed by atoms with E-state index in [1.54, 1.807) is 0 Å². The highest BCUT2D eigenvalue weighted by Crippen LogP contribution is 2.17. The molecule has 4 N–H and O–H groups in total. The van der Waals surface area contributed by atoms with E-state index in [-0.39, 0.29) is 26.2 Å². The zero-order chi connectivity index (χ0) is 14.4. The first kappa shape index (κ1) is 20.2. The van der Waals surface area contributed by atoms with Crippen LogP contribution in [0.2, 0.25) is 0 Å². The first-order valence-corrected chi connectivity index (χ1v) is 4.84. The predicted molar refractivity (Wildman–Crippen MR) is 77.6 cm³/mol. The topological polar surface area (TPSA) is 149 Å². The molecule has 21 heavy (non-hydrogen) atoms. The molecule has 2 aromatic heterocycles. The molecule has 0 atom stereocenters. The summed E-state index contributed by atoms with van der Waals surface area (Å²) in [5.74, 6) is -0.632. The van der Waals surface area contributed by atoms with Gasteiger partial charge in [0.25, 0.3) is 5.56 Å². The van der Waals surface area contributed by atoms with Crippen LogP contribution < -0.4 is 11.1 Å². The third kappa shape index (κ3) is 6.05. The van der Waals surface area contributed by atoms with Gasteiger partial charge in [0, 0.05) is 24.5 Å². The maximum atomic E-state index is 10.6. The fourth-order valence-electron chi connectivity index (χ4n) is 1.07. The zero-order valence-electron chi connectivity index (χ0n) is 9.36. The summed E-state index contributed by atoms with van der Waals surface area (Å²) in [6.45, 7) is 0. The molecule has 0 aromatic carbocycles. The third-order valence-electron chi connectivity index (χ3n) is 1.85. The number of nitro groups is 1. The number of hydrogen-bond donors (Lipinski definition) is 4. The molecule has 0 saturated carbocycles. The average Bonchev–Trinajstić information content (AvgIpc) is 2.28. The summed E-state index contributed by atoms with van der Waals surface area (Å²) in [5, 5.41) is 27.5. The summed E-state index contributed by atoms with van der Waals surface area (Å²) in [5.41, 5.74) is -2.02. The molecular weight excluding hydrogens is 282 g/mol. The van der Waals surface area contributed by atoms with Gasteiger partial charge in [-0.05, 0) is 6.07 Å². The molecule has 0 saturated heterocycles. The fourth-order valence-corrected chi connectivity index (χ4v) is 1.07. The highest BCUT2D eigenvalue weighted by molar-refractivity contribution is 5.41. The second kappa shape index (κ2) is 8.91. The van der Waals surface area contributed by atoms with E-state index in [2.05, 4.69) is 9.97 Å². The highest BCUT2D eigenvalue weighted by atomic mass is 16.6. The largest absolute Gasteiger partial charge is 0.508 e. The van der Waals surface area contributed by atoms with Crippen LogP contribution in [0.3, 0.4) is 0 Å². The summed E-state index contributed by atoms with van der Waals surface area (Å²) in [7, 11) is 0. The van der Waals surface area contributed by atoms with Crippen LogP contribution in [0, 0.1) is 10.1 Å². The van der Waals surface area contributed by atoms with Crippen molar-refractivity contribution >= 4 is 5.69 Å². The minimum atomic E-state index is -0.936. The number of hydrogen-bond acceptors (Lipinski definition) is 6. The molecule has 0 aliphatic carbocycles. The zero-order valence-corrected chi connectivity index (χ0v) is 9.36. The molecule has 116 valence electrons. The maximum absolute atomic E-state index is 10.6. The van der Waals surface area contributed by atoms with Crippen LogP contribution in [0.25, 0.3) is 0 Å². The van der Waals surface area contributed by atoms with E-state index >= 15 is 0 Å². The Balaban J connectivity index is 0. The highest BCUT2D eigenvalue weighted by Gasteiger charge is 2.17. The second-order valence-electron chi connectivity index (χ2n) is 3.21. The van der Waals surface area contributed by atoms with E-state index < -0.39 is 21.9 Å². The Morgan fingerprint density at radius 2 is 1.62 bits per heavy atom. The molecule has 0 bridgehead atoms. The Hall–Kier alpha value is -3.10. The van der Waals surface area contributed by atoms with Gasteiger partial charge in [0.15, 0.2) is 0 Å². The molecule has 0 aliphatic rings. The molecule has 0 radical (unpaired) electrons. The van der Waals surface area contributed by atoms with Crippen LogP contribution in [0.4, 0.5) is 5.69 Å². The molecular formula is C12H17N3O6. The van der Waals surface area contributed by atoms with Crippen LogP contribution in [0.15, 0.2) is 40.2 Å². The van der Waals surface area contributed by atoms with Gasteiger partial charge in [0.2, 0.25) is 5.75 Å². The van der Waals surface area contributed by atoms with Crippen LogP contribution in [-0.2, 0) is 0 Å². The molecule has 9 heteroatoms. The first-order chi connectivity index (χ1) is 8.91. The van der Waals surface area contributed by atoms with Crippen molar-refractivity contribution in [3.05, 3.63) is 61.4 Å². The van der Waals surface area contributed by atoms with Crippen LogP contribution in [0.1, 0.15) is 14.9 Å². The third-order valence-corrected chi connectivity index (χ3v) is 1.85. The Bertz CT molecular complexity index is 692. The molecule has 0 aliphatic heterocycles. The lowest BCUT2D eigenvalue weighted by Crippen LogP contribution is -2.10. The SMILES string of the molecule is C.C.O=c1[nH]ccc(O)c1[N+](=O)[O-].O=c1cc(O)cc[nH]1. The lowest BCUT2D eigenvalue weighted by atomic mass is 10.4. The Labute approximate surface area is 119 Å². The number of aromatic hydroxyl groups is 2. The standard InChI is InChI=1S/C5H4N2O4.C5H5NO2.2CH4/c8-3-1-2-6-5(9)4(3)7(10)11;7-4-1-2-6-5(8)3-4;;/h1-2H,(H2,6,8,9);1-3H,(H2,6,7,8);2*1H4. The molecule has 0 spiro atoms. The van der Waals surface area contributed by atoms with E-state index in [9.17, 15) is 19.7 Å². The van der Waals surface area contributed by atoms with Gasteiger partial charge >= 0.3 is 11.2 Å². The van der Waals surface area contributed by atoms with Crippen LogP contribution in [-0.4, -0.2) is 25.1 Å². The van der Waals surface area contributed by atoms with Crippen molar-refractivity contribution in [2.45, 2.75) is 14.9 Å². The van der Waals surface area contributed by atoms with Gasteiger partial charge in [0.05, 0.1) is 4.92 Å². The molecule has 2 aromatic rings. The van der Waals surface area contributed by atoms with Crippen molar-refractivity contribution in [2.24, 2.45) is 0 Å². The summed E-state index contributed by atoms with van der Waals surface area (Å²) >= 11 is 0. The van der Waals surface area contributed by atoms with Crippen molar-refractivity contribution in [3.8, 4) is 11.5 Å². The lowest BCUT2D eigenvalue weighted by Gasteiger charge is -1.91. The molecule has 0 amide bonds. The Morgan fingerprint density at radius 3 is 1.95 bits per heavy atom. The van der Waals surface area contributed by atoms with Gasteiger partial charge in [-0.2, -0.15) is 0 Å². The second-order valence-corrected chi connectivity index (χ2v) is 3.21. The van der Waals surface area contributed by atoms with Crippen molar-refractivity contribution in [1.29, 1.82) is 0 Å². The van der Waals surface area contributed by atoms with Gasteiger partial charge in [-0.25, -0.2) is 0 Å². The molecule has 2 rings (SSSR count). The van der Waals surface area contributed by atoms with Crippen molar-refractivity contribution < 1.29 is 15.1 Å². The fraction of sp³-hybridized carbons (Fsp3) is 0.167. The van der Waals surface area contributed by atoms with E-state index in [1.807, 2.05) is 0 Å². The van der Waals surface area contributed by atoms with Gasteiger partial charge in [-0.1, -0.05) is 14.9 Å². The van der Waals surface area contributed by atoms with Gasteiger partial charge in [-0.15, -0.1) is 0 Å². The number of aromatic amines is 2. The maximum Gasteiger partial charge on any atom is 0.374 e. The number of rotatable bonds is 1. The summed E-state index contributed by atoms with van der Waals surface area (Å²) in [6.07, 6.45) is 2.52. The van der Waals surface area contributed by atoms with E-state index in [4.69, 9.17) is 10.2 Å². The van der Waals surface area contributed by atoms with E-state index in [1.165, 1.54) is 12.3 Å². The molecule has 0 fully saturated rings. The number of aromatic nitrogens is 2. The van der Waals surface area contributed by atoms with Gasteiger partial charge < -0.3 is 20.2 Å². The number of nitrogens with zero attached hydrogens (tertiary/aromatic N) is 1. The number of pyridine rings is 2. The van der Waals surface area contributed by atoms with Crippen molar-refractivity contribution in [3.63, 3.8) is 0 Å². The Kier molecular flexibility index (Phi) is 8.58. The van der Waals surface area contributed by atoms with Crippen LogP contribution >= 0.6 is 0 Å². The predicted octanol–water partition coefficient (Wildman–Crippen LogP) is 1.34. The minimum Gasteiger partial charge on any atom is -0.508 e. The summed E-state index contributed by atoms with van der Waals surface area (Å²) < 4.78 is 0. The van der Waals surface area contributed by atoms with E-state index in [0.29, 0.717) is 0 Å². The molecule has 2 heterocycles. The van der Waals surface area contributed by atoms with E-state index in [0.717, 1.165) is 18.3 Å². The van der Waals surface area contributed by atoms with Crippen LogP contribution in [0.5, 0.6) is 11.5 Å². The Morgan fingerprint density at radius 1 is 1.05 bits per heavy atom. The molecule has 9 nitrogen and oxygen atoms in total. The normalized spacial score (nSPS) is 8.38. The first-order valence-electron chi connectivity index (χ1n) is 4.84. The van der Waals surface area contributed by atoms with Crippen molar-refractivity contribution in [2.75, 3.05) is 0 Å². The monoisotopic (exact) mass is 299 g/mol. The van der Waals surface area contributed by atoms with Crippen molar-refractivity contribution in [1.82, 2.24) is 9.97 Å². The summed E-state index contributed by atoms with van der Waals surface area (Å²) in [4.78, 5) is 34.5. The minimum absolute atomic E-state index is 0. The average molecular weight is 299 g/mol. The summed E-state index contributed by atoms with van der Waals surface area (Å²) in [6, 6.07) is 3.56. The van der Waals surface area contributed by atoms with Gasteiger partial charge in [-0.3, -0.25) is 19.7 Å².